The van der Waals surface area contributed by atoms with Crippen molar-refractivity contribution >= 4 is 0 Å². The van der Waals surface area contributed by atoms with Crippen molar-refractivity contribution in [3.8, 4) is 131 Å². The second-order valence-corrected chi connectivity index (χ2v) is 2.77. The lowest BCUT2D eigenvalue weighted by Gasteiger charge is -1.57. The molecule has 0 aromatic heterocycles. The maximum Gasteiger partial charge on any atom is 0 e. The monoisotopic (exact) mass is 280 g/mol. The first-order valence-corrected chi connectivity index (χ1v) is 5.79. The summed E-state index contributed by atoms with van der Waals surface area (Å²) in [7, 11) is 0. The number of hydrogen-bond acceptors (Lipinski definition) is 0. The number of hydrogen-bond donors (Lipinski definition) is 0. The SMILES string of the molecule is C#CC#CC#CC#CC#CC#CC#CC#CC#CC#CC#CC. The van der Waals surface area contributed by atoms with Crippen LogP contribution >= 0.6 is 0 Å². The zero-order chi connectivity index (χ0) is 16.8. The molecule has 23 heavy (non-hydrogen) atoms. The van der Waals surface area contributed by atoms with Gasteiger partial charge in [0.05, 0.1) is 0 Å². The molecule has 0 rings (SSSR count). The van der Waals surface area contributed by atoms with Crippen LogP contribution in [0.15, 0.2) is 0 Å². The van der Waals surface area contributed by atoms with Gasteiger partial charge in [0, 0.05) is 23.7 Å². The van der Waals surface area contributed by atoms with Crippen molar-refractivity contribution in [1.29, 1.82) is 0 Å². The molecule has 96 valence electrons. The summed E-state index contributed by atoms with van der Waals surface area (Å²) in [6, 6.07) is 0. The van der Waals surface area contributed by atoms with Crippen LogP contribution in [-0.2, 0) is 0 Å². The van der Waals surface area contributed by atoms with Gasteiger partial charge in [-0.15, -0.1) is 6.42 Å². The molecule has 0 unspecified atom stereocenters. The predicted molar refractivity (Wildman–Crippen MR) is 92.3 cm³/mol. The first-order chi connectivity index (χ1) is 11.4. The highest BCUT2D eigenvalue weighted by Crippen LogP contribution is 1.58. The van der Waals surface area contributed by atoms with Gasteiger partial charge in [-0.25, -0.2) is 0 Å². The summed E-state index contributed by atoms with van der Waals surface area (Å²) in [5.74, 6) is 51.9. The third kappa shape index (κ3) is 17.2. The molecule has 0 aromatic rings. The third-order valence-corrected chi connectivity index (χ3v) is 1.32. The first-order valence-electron chi connectivity index (χ1n) is 5.79. The minimum absolute atomic E-state index is 1.70. The summed E-state index contributed by atoms with van der Waals surface area (Å²) in [6.45, 7) is 1.70. The van der Waals surface area contributed by atoms with Crippen LogP contribution < -0.4 is 0 Å². The third-order valence-electron chi connectivity index (χ3n) is 1.32. The van der Waals surface area contributed by atoms with E-state index >= 15 is 0 Å². The fourth-order valence-corrected chi connectivity index (χ4v) is 0.630. The van der Waals surface area contributed by atoms with Crippen molar-refractivity contribution in [1.82, 2.24) is 0 Å². The average molecular weight is 280 g/mol. The molecule has 0 heterocycles. The van der Waals surface area contributed by atoms with Crippen molar-refractivity contribution in [2.45, 2.75) is 6.92 Å². The van der Waals surface area contributed by atoms with E-state index in [1.807, 2.05) is 0 Å². The Morgan fingerprint density at radius 1 is 0.348 bits per heavy atom. The maximum absolute atomic E-state index is 4.90. The molecular formula is C23H4. The Morgan fingerprint density at radius 2 is 0.565 bits per heavy atom. The van der Waals surface area contributed by atoms with Crippen LogP contribution in [0, 0.1) is 131 Å². The summed E-state index contributed by atoms with van der Waals surface area (Å²) in [5.41, 5.74) is 0. The van der Waals surface area contributed by atoms with E-state index in [4.69, 9.17) is 6.42 Å². The van der Waals surface area contributed by atoms with Gasteiger partial charge < -0.3 is 0 Å². The van der Waals surface area contributed by atoms with Gasteiger partial charge in [-0.1, -0.05) is 5.92 Å². The molecule has 0 heteroatoms. The quantitative estimate of drug-likeness (QED) is 0.572. The van der Waals surface area contributed by atoms with E-state index in [1.165, 1.54) is 0 Å². The normalized spacial score (nSPS) is 3.83. The van der Waals surface area contributed by atoms with Crippen LogP contribution in [-0.4, -0.2) is 0 Å². The molecule has 0 amide bonds. The zero-order valence-corrected chi connectivity index (χ0v) is 12.1. The Kier molecular flexibility index (Phi) is 13.5. The highest BCUT2D eigenvalue weighted by molar-refractivity contribution is 5.47. The van der Waals surface area contributed by atoms with Crippen molar-refractivity contribution in [2.75, 3.05) is 0 Å². The molecule has 0 atom stereocenters. The second kappa shape index (κ2) is 17.2. The fraction of sp³-hybridized carbons (Fsp3) is 0.0435. The van der Waals surface area contributed by atoms with Crippen molar-refractivity contribution in [2.24, 2.45) is 0 Å². The molecule has 0 saturated carbocycles. The van der Waals surface area contributed by atoms with Crippen LogP contribution in [0.2, 0.25) is 0 Å². The van der Waals surface area contributed by atoms with Gasteiger partial charge in [0.1, 0.15) is 0 Å². The fourth-order valence-electron chi connectivity index (χ4n) is 0.630. The Morgan fingerprint density at radius 3 is 0.783 bits per heavy atom. The topological polar surface area (TPSA) is 0 Å². The summed E-state index contributed by atoms with van der Waals surface area (Å²) < 4.78 is 0. The second-order valence-electron chi connectivity index (χ2n) is 2.77. The van der Waals surface area contributed by atoms with Crippen molar-refractivity contribution in [3.63, 3.8) is 0 Å². The number of rotatable bonds is 0. The van der Waals surface area contributed by atoms with Crippen molar-refractivity contribution < 1.29 is 0 Å². The molecule has 0 fully saturated rings. The Balaban J connectivity index is 4.38. The van der Waals surface area contributed by atoms with E-state index in [2.05, 4.69) is 124 Å². The van der Waals surface area contributed by atoms with Gasteiger partial charge in [-0.3, -0.25) is 0 Å². The zero-order valence-electron chi connectivity index (χ0n) is 12.1. The maximum atomic E-state index is 4.90. The van der Waals surface area contributed by atoms with E-state index in [0.717, 1.165) is 0 Å². The van der Waals surface area contributed by atoms with Gasteiger partial charge in [-0.2, -0.15) is 0 Å². The van der Waals surface area contributed by atoms with Gasteiger partial charge in [0.15, 0.2) is 0 Å². The van der Waals surface area contributed by atoms with Gasteiger partial charge in [0.25, 0.3) is 0 Å². The summed E-state index contributed by atoms with van der Waals surface area (Å²) in [6.07, 6.45) is 4.90. The molecular weight excluding hydrogens is 276 g/mol. The molecule has 0 saturated heterocycles. The molecule has 0 aromatic carbocycles. The molecule has 0 spiro atoms. The molecule has 0 aliphatic rings. The van der Waals surface area contributed by atoms with Gasteiger partial charge in [-0.05, 0) is 102 Å². The minimum atomic E-state index is 1.70. The van der Waals surface area contributed by atoms with Gasteiger partial charge >= 0.3 is 0 Å². The van der Waals surface area contributed by atoms with Crippen LogP contribution in [0.25, 0.3) is 0 Å². The standard InChI is InChI=1S/C23H4/c1-3-5-7-9-11-13-15-17-19-21-23-22-20-18-16-14-12-10-8-6-4-2/h1H,2H3. The summed E-state index contributed by atoms with van der Waals surface area (Å²) in [4.78, 5) is 0. The highest BCUT2D eigenvalue weighted by atomic mass is 13.6. The lowest BCUT2D eigenvalue weighted by Crippen LogP contribution is -1.56. The van der Waals surface area contributed by atoms with E-state index < -0.39 is 0 Å². The first kappa shape index (κ1) is 18.2. The van der Waals surface area contributed by atoms with E-state index in [-0.39, 0.29) is 0 Å². The van der Waals surface area contributed by atoms with Crippen LogP contribution in [0.1, 0.15) is 6.92 Å². The Hall–Kier alpha value is -4.84. The van der Waals surface area contributed by atoms with Gasteiger partial charge in [0.2, 0.25) is 0 Å². The summed E-state index contributed by atoms with van der Waals surface area (Å²) in [5, 5.41) is 0. The Labute approximate surface area is 138 Å². The smallest absolute Gasteiger partial charge is 0 e. The summed E-state index contributed by atoms with van der Waals surface area (Å²) >= 11 is 0. The molecule has 0 aliphatic heterocycles. The number of terminal acetylenes is 1. The van der Waals surface area contributed by atoms with E-state index in [9.17, 15) is 0 Å². The van der Waals surface area contributed by atoms with E-state index in [1.54, 1.807) is 6.92 Å². The molecule has 0 N–H and O–H groups in total. The van der Waals surface area contributed by atoms with Crippen LogP contribution in [0.5, 0.6) is 0 Å². The average Bonchev–Trinajstić information content (AvgIpc) is 2.57. The molecule has 0 radical (unpaired) electrons. The van der Waals surface area contributed by atoms with Crippen LogP contribution in [0.3, 0.4) is 0 Å². The van der Waals surface area contributed by atoms with E-state index in [0.29, 0.717) is 0 Å². The lowest BCUT2D eigenvalue weighted by molar-refractivity contribution is 1.92. The molecule has 0 aliphatic carbocycles. The highest BCUT2D eigenvalue weighted by Gasteiger charge is 1.58. The lowest BCUT2D eigenvalue weighted by atomic mass is 10.4. The largest absolute Gasteiger partial charge is 0.106 e. The Bertz CT molecular complexity index is 1110. The molecule has 0 nitrogen and oxygen atoms in total. The van der Waals surface area contributed by atoms with Crippen LogP contribution in [0.4, 0.5) is 0 Å². The molecule has 0 bridgehead atoms. The van der Waals surface area contributed by atoms with Crippen molar-refractivity contribution in [3.05, 3.63) is 0 Å². The minimum Gasteiger partial charge on any atom is -0.106 e. The predicted octanol–water partition coefficient (Wildman–Crippen LogP) is 0.673.